The minimum atomic E-state index is -1.11. The second kappa shape index (κ2) is 8.27. The van der Waals surface area contributed by atoms with E-state index >= 15 is 0 Å². The summed E-state index contributed by atoms with van der Waals surface area (Å²) in [7, 11) is 0. The summed E-state index contributed by atoms with van der Waals surface area (Å²) < 4.78 is 16.2. The van der Waals surface area contributed by atoms with Crippen LogP contribution in [0.15, 0.2) is 34.7 Å². The molecule has 1 aliphatic rings. The van der Waals surface area contributed by atoms with Crippen molar-refractivity contribution in [3.8, 4) is 11.5 Å². The van der Waals surface area contributed by atoms with E-state index in [9.17, 15) is 4.79 Å². The number of aryl methyl sites for hydroxylation is 2. The highest BCUT2D eigenvalue weighted by molar-refractivity contribution is 5.70. The highest BCUT2D eigenvalue weighted by Crippen LogP contribution is 2.23. The second-order valence-electron chi connectivity index (χ2n) is 6.34. The molecule has 3 rings (SSSR count). The molecule has 1 N–H and O–H groups in total. The molecule has 6 heteroatoms. The van der Waals surface area contributed by atoms with Gasteiger partial charge < -0.3 is 19.0 Å². The molecule has 1 saturated heterocycles. The first-order valence-corrected chi connectivity index (χ1v) is 8.61. The smallest absolute Gasteiger partial charge is 0.361 e. The molecule has 0 saturated carbocycles. The molecule has 6 nitrogen and oxygen atoms in total. The lowest BCUT2D eigenvalue weighted by Gasteiger charge is -2.26. The van der Waals surface area contributed by atoms with Gasteiger partial charge in [0.25, 0.3) is 6.29 Å². The lowest BCUT2D eigenvalue weighted by Crippen LogP contribution is -2.37. The van der Waals surface area contributed by atoms with Crippen molar-refractivity contribution in [1.29, 1.82) is 0 Å². The molecule has 0 unspecified atom stereocenters. The van der Waals surface area contributed by atoms with E-state index in [4.69, 9.17) is 19.0 Å². The zero-order chi connectivity index (χ0) is 17.6. The molecule has 1 fully saturated rings. The summed E-state index contributed by atoms with van der Waals surface area (Å²) >= 11 is 0. The molecule has 2 aromatic rings. The van der Waals surface area contributed by atoms with Gasteiger partial charge >= 0.3 is 5.97 Å². The SMILES string of the molecule is Cc1oc(-c2ccccc2)nc1CCCC[C@H]1CO[C@@H](C(=O)O)OC1. The predicted octanol–water partition coefficient (Wildman–Crippen LogP) is 3.44. The van der Waals surface area contributed by atoms with Crippen LogP contribution < -0.4 is 0 Å². The van der Waals surface area contributed by atoms with Gasteiger partial charge in [0.1, 0.15) is 5.76 Å². The number of hydrogen-bond donors (Lipinski definition) is 1. The van der Waals surface area contributed by atoms with E-state index in [2.05, 4.69) is 4.98 Å². The van der Waals surface area contributed by atoms with E-state index in [0.717, 1.165) is 42.7 Å². The molecule has 0 atom stereocenters. The average molecular weight is 345 g/mol. The molecule has 1 aromatic heterocycles. The first kappa shape index (κ1) is 17.6. The van der Waals surface area contributed by atoms with Gasteiger partial charge in [-0.15, -0.1) is 0 Å². The van der Waals surface area contributed by atoms with Gasteiger partial charge in [0.15, 0.2) is 0 Å². The topological polar surface area (TPSA) is 81.8 Å². The van der Waals surface area contributed by atoms with Crippen LogP contribution in [0.3, 0.4) is 0 Å². The van der Waals surface area contributed by atoms with Crippen molar-refractivity contribution in [2.24, 2.45) is 5.92 Å². The highest BCUT2D eigenvalue weighted by Gasteiger charge is 2.27. The maximum absolute atomic E-state index is 10.7. The summed E-state index contributed by atoms with van der Waals surface area (Å²) in [5, 5.41) is 8.81. The van der Waals surface area contributed by atoms with E-state index < -0.39 is 12.3 Å². The number of hydrogen-bond acceptors (Lipinski definition) is 5. The van der Waals surface area contributed by atoms with Gasteiger partial charge in [-0.05, 0) is 38.3 Å². The van der Waals surface area contributed by atoms with Crippen molar-refractivity contribution in [1.82, 2.24) is 4.98 Å². The van der Waals surface area contributed by atoms with Crippen LogP contribution in [-0.4, -0.2) is 35.6 Å². The molecule has 0 radical (unpaired) electrons. The van der Waals surface area contributed by atoms with Crippen molar-refractivity contribution in [3.05, 3.63) is 41.8 Å². The lowest BCUT2D eigenvalue weighted by atomic mass is 10.0. The Morgan fingerprint density at radius 2 is 1.92 bits per heavy atom. The Bertz CT molecular complexity index is 689. The van der Waals surface area contributed by atoms with E-state index in [-0.39, 0.29) is 5.92 Å². The molecule has 0 amide bonds. The fourth-order valence-corrected chi connectivity index (χ4v) is 2.94. The number of aliphatic carboxylic acids is 1. The fourth-order valence-electron chi connectivity index (χ4n) is 2.94. The normalized spacial score (nSPS) is 20.5. The van der Waals surface area contributed by atoms with E-state index in [1.807, 2.05) is 37.3 Å². The summed E-state index contributed by atoms with van der Waals surface area (Å²) in [6.45, 7) is 2.83. The number of ether oxygens (including phenoxy) is 2. The van der Waals surface area contributed by atoms with Gasteiger partial charge in [-0.2, -0.15) is 0 Å². The number of carbonyl (C=O) groups is 1. The zero-order valence-corrected chi connectivity index (χ0v) is 14.3. The largest absolute Gasteiger partial charge is 0.477 e. The Labute approximate surface area is 146 Å². The third-order valence-electron chi connectivity index (χ3n) is 4.36. The molecule has 0 spiro atoms. The van der Waals surface area contributed by atoms with Crippen LogP contribution in [0, 0.1) is 12.8 Å². The summed E-state index contributed by atoms with van der Waals surface area (Å²) in [6.07, 6.45) is 2.73. The Morgan fingerprint density at radius 1 is 1.20 bits per heavy atom. The molecular formula is C19H23NO5. The lowest BCUT2D eigenvalue weighted by molar-refractivity contribution is -0.217. The van der Waals surface area contributed by atoms with Crippen LogP contribution in [0.25, 0.3) is 11.5 Å². The van der Waals surface area contributed by atoms with E-state index in [1.54, 1.807) is 0 Å². The number of unbranched alkanes of at least 4 members (excludes halogenated alkanes) is 1. The summed E-state index contributed by atoms with van der Waals surface area (Å²) in [6, 6.07) is 9.89. The van der Waals surface area contributed by atoms with E-state index in [0.29, 0.717) is 19.1 Å². The molecule has 2 heterocycles. The van der Waals surface area contributed by atoms with Gasteiger partial charge in [0.2, 0.25) is 5.89 Å². The van der Waals surface area contributed by atoms with Gasteiger partial charge in [-0.25, -0.2) is 9.78 Å². The maximum Gasteiger partial charge on any atom is 0.361 e. The first-order chi connectivity index (χ1) is 12.1. The quantitative estimate of drug-likeness (QED) is 0.774. The zero-order valence-electron chi connectivity index (χ0n) is 14.3. The van der Waals surface area contributed by atoms with Crippen LogP contribution in [0.1, 0.15) is 30.7 Å². The van der Waals surface area contributed by atoms with Crippen molar-refractivity contribution in [2.75, 3.05) is 13.2 Å². The molecule has 0 bridgehead atoms. The van der Waals surface area contributed by atoms with Crippen LogP contribution in [0.5, 0.6) is 0 Å². The van der Waals surface area contributed by atoms with Crippen molar-refractivity contribution in [2.45, 2.75) is 38.9 Å². The Morgan fingerprint density at radius 3 is 2.60 bits per heavy atom. The standard InChI is InChI=1S/C19H23NO5/c1-13-16(20-17(25-13)15-8-3-2-4-9-15)10-6-5-7-14-11-23-19(18(21)22)24-12-14/h2-4,8-9,14,19H,5-7,10-12H2,1H3,(H,21,22)/t14-,19+. The monoisotopic (exact) mass is 345 g/mol. The summed E-state index contributed by atoms with van der Waals surface area (Å²) in [5.41, 5.74) is 1.99. The van der Waals surface area contributed by atoms with Crippen molar-refractivity contribution in [3.63, 3.8) is 0 Å². The molecule has 0 aliphatic carbocycles. The van der Waals surface area contributed by atoms with Gasteiger partial charge in [-0.1, -0.05) is 24.6 Å². The highest BCUT2D eigenvalue weighted by atomic mass is 16.7. The minimum Gasteiger partial charge on any atom is -0.477 e. The molecular weight excluding hydrogens is 322 g/mol. The molecule has 1 aliphatic heterocycles. The van der Waals surface area contributed by atoms with Gasteiger partial charge in [0, 0.05) is 11.5 Å². The summed E-state index contributed by atoms with van der Waals surface area (Å²) in [4.78, 5) is 15.4. The van der Waals surface area contributed by atoms with Crippen LogP contribution in [0.2, 0.25) is 0 Å². The number of nitrogens with zero attached hydrogens (tertiary/aromatic N) is 1. The number of carboxylic acid groups (broad SMARTS) is 1. The third kappa shape index (κ3) is 4.67. The minimum absolute atomic E-state index is 0.258. The maximum atomic E-state index is 10.7. The van der Waals surface area contributed by atoms with Gasteiger partial charge in [0.05, 0.1) is 18.9 Å². The van der Waals surface area contributed by atoms with Crippen LogP contribution in [0.4, 0.5) is 0 Å². The van der Waals surface area contributed by atoms with Crippen molar-refractivity contribution >= 4 is 5.97 Å². The van der Waals surface area contributed by atoms with Crippen LogP contribution >= 0.6 is 0 Å². The number of oxazole rings is 1. The van der Waals surface area contributed by atoms with E-state index in [1.165, 1.54) is 0 Å². The predicted molar refractivity (Wildman–Crippen MR) is 91.0 cm³/mol. The molecule has 134 valence electrons. The first-order valence-electron chi connectivity index (χ1n) is 8.61. The Hall–Kier alpha value is -2.18. The Kier molecular flexibility index (Phi) is 5.83. The number of aromatic nitrogens is 1. The second-order valence-corrected chi connectivity index (χ2v) is 6.34. The molecule has 25 heavy (non-hydrogen) atoms. The average Bonchev–Trinajstić information content (AvgIpc) is 3.01. The van der Waals surface area contributed by atoms with Crippen LogP contribution in [-0.2, 0) is 20.7 Å². The summed E-state index contributed by atoms with van der Waals surface area (Å²) in [5.74, 6) is 0.734. The Balaban J connectivity index is 1.43. The van der Waals surface area contributed by atoms with Crippen molar-refractivity contribution < 1.29 is 23.8 Å². The third-order valence-corrected chi connectivity index (χ3v) is 4.36. The van der Waals surface area contributed by atoms with Gasteiger partial charge in [-0.3, -0.25) is 0 Å². The number of rotatable bonds is 7. The fraction of sp³-hybridized carbons (Fsp3) is 0.474. The molecule has 1 aromatic carbocycles. The number of benzene rings is 1. The number of carboxylic acids is 1.